The summed E-state index contributed by atoms with van der Waals surface area (Å²) >= 11 is 0. The summed E-state index contributed by atoms with van der Waals surface area (Å²) in [4.78, 5) is 0. The van der Waals surface area contributed by atoms with E-state index >= 15 is 0 Å². The first-order valence-corrected chi connectivity index (χ1v) is 4.91. The van der Waals surface area contributed by atoms with Gasteiger partial charge in [-0.3, -0.25) is 0 Å². The zero-order valence-corrected chi connectivity index (χ0v) is 8.51. The van der Waals surface area contributed by atoms with Crippen LogP contribution >= 0.6 is 0 Å². The van der Waals surface area contributed by atoms with Crippen molar-refractivity contribution in [3.8, 4) is 11.5 Å². The highest BCUT2D eigenvalue weighted by Gasteiger charge is 2.25. The smallest absolute Gasteiger partial charge is 0.509 e. The molecule has 4 nitrogen and oxygen atoms in total. The first kappa shape index (κ1) is 10.3. The molecule has 1 saturated carbocycles. The average Bonchev–Trinajstić information content (AvgIpc) is 3.01. The molecule has 80 valence electrons. The van der Waals surface area contributed by atoms with Crippen LogP contribution in [0, 0.1) is 0 Å². The molecule has 1 aromatic carbocycles. The van der Waals surface area contributed by atoms with Gasteiger partial charge in [0.05, 0.1) is 7.11 Å². The molecule has 0 radical (unpaired) electrons. The Hall–Kier alpha value is -1.20. The van der Waals surface area contributed by atoms with Gasteiger partial charge in [-0.15, -0.1) is 0 Å². The van der Waals surface area contributed by atoms with Gasteiger partial charge >= 0.3 is 7.32 Å². The lowest BCUT2D eigenvalue weighted by molar-refractivity contribution is 0.279. The Labute approximate surface area is 88.6 Å². The minimum atomic E-state index is -1.81. The van der Waals surface area contributed by atoms with E-state index in [1.807, 2.05) is 12.1 Å². The maximum absolute atomic E-state index is 8.69. The quantitative estimate of drug-likeness (QED) is 0.722. The highest BCUT2D eigenvalue weighted by Crippen LogP contribution is 2.42. The molecule has 1 aliphatic rings. The van der Waals surface area contributed by atoms with Crippen LogP contribution in [0.3, 0.4) is 0 Å². The average molecular weight is 208 g/mol. The van der Waals surface area contributed by atoms with Crippen molar-refractivity contribution < 1.29 is 19.4 Å². The lowest BCUT2D eigenvalue weighted by Crippen LogP contribution is -2.20. The van der Waals surface area contributed by atoms with Gasteiger partial charge in [-0.25, -0.2) is 0 Å². The van der Waals surface area contributed by atoms with Gasteiger partial charge in [0, 0.05) is 0 Å². The Bertz CT molecular complexity index is 349. The molecule has 0 saturated heterocycles. The predicted molar refractivity (Wildman–Crippen MR) is 55.8 cm³/mol. The van der Waals surface area contributed by atoms with E-state index in [9.17, 15) is 0 Å². The maximum Gasteiger partial charge on any atom is 0.707 e. The second-order valence-corrected chi connectivity index (χ2v) is 3.63. The molecule has 1 aliphatic carbocycles. The van der Waals surface area contributed by atoms with Gasteiger partial charge in [-0.05, 0) is 36.5 Å². The van der Waals surface area contributed by atoms with Gasteiger partial charge in [-0.1, -0.05) is 6.07 Å². The monoisotopic (exact) mass is 208 g/mol. The van der Waals surface area contributed by atoms with E-state index in [0.29, 0.717) is 17.4 Å². The molecule has 0 atom stereocenters. The van der Waals surface area contributed by atoms with Crippen molar-refractivity contribution >= 4 is 7.32 Å². The number of hydrogen-bond acceptors (Lipinski definition) is 4. The fraction of sp³-hybridized carbons (Fsp3) is 0.400. The maximum atomic E-state index is 8.69. The minimum Gasteiger partial charge on any atom is -0.509 e. The molecular formula is C10H13BO4. The van der Waals surface area contributed by atoms with E-state index in [2.05, 4.69) is 0 Å². The highest BCUT2D eigenvalue weighted by atomic mass is 16.6. The van der Waals surface area contributed by atoms with Crippen LogP contribution in [0.4, 0.5) is 0 Å². The second kappa shape index (κ2) is 4.12. The van der Waals surface area contributed by atoms with Crippen LogP contribution in [0.25, 0.3) is 0 Å². The zero-order valence-electron chi connectivity index (χ0n) is 8.51. The lowest BCUT2D eigenvalue weighted by Gasteiger charge is -2.11. The fourth-order valence-electron chi connectivity index (χ4n) is 1.57. The standard InChI is InChI=1S/C10H13BO4/c1-14-10-6-8(7-2-3-7)4-5-9(10)15-11(12)13/h4-7,12-13H,2-3H2,1H3. The molecular weight excluding hydrogens is 195 g/mol. The molecule has 0 amide bonds. The van der Waals surface area contributed by atoms with E-state index in [1.54, 1.807) is 6.07 Å². The third-order valence-corrected chi connectivity index (χ3v) is 2.47. The topological polar surface area (TPSA) is 58.9 Å². The summed E-state index contributed by atoms with van der Waals surface area (Å²) in [6, 6.07) is 5.51. The molecule has 0 unspecified atom stereocenters. The first-order chi connectivity index (χ1) is 7.20. The van der Waals surface area contributed by atoms with Gasteiger partial charge in [0.15, 0.2) is 5.75 Å². The normalized spacial score (nSPS) is 14.9. The molecule has 15 heavy (non-hydrogen) atoms. The summed E-state index contributed by atoms with van der Waals surface area (Å²) in [5.74, 6) is 1.51. The summed E-state index contributed by atoms with van der Waals surface area (Å²) in [6.45, 7) is 0. The minimum absolute atomic E-state index is 0.344. The Morgan fingerprint density at radius 2 is 2.00 bits per heavy atom. The summed E-state index contributed by atoms with van der Waals surface area (Å²) < 4.78 is 9.90. The predicted octanol–water partition coefficient (Wildman–Crippen LogP) is 0.921. The number of rotatable bonds is 4. The van der Waals surface area contributed by atoms with Gasteiger partial charge < -0.3 is 19.4 Å². The van der Waals surface area contributed by atoms with Crippen molar-refractivity contribution in [3.63, 3.8) is 0 Å². The molecule has 1 fully saturated rings. The SMILES string of the molecule is COc1cc(C2CC2)ccc1OB(O)O. The number of benzene rings is 1. The molecule has 0 heterocycles. The Balaban J connectivity index is 2.22. The molecule has 5 heteroatoms. The van der Waals surface area contributed by atoms with Crippen LogP contribution in [0.1, 0.15) is 24.3 Å². The van der Waals surface area contributed by atoms with Crippen LogP contribution in [-0.2, 0) is 0 Å². The van der Waals surface area contributed by atoms with Crippen LogP contribution in [0.15, 0.2) is 18.2 Å². The van der Waals surface area contributed by atoms with Crippen molar-refractivity contribution in [3.05, 3.63) is 23.8 Å². The number of hydrogen-bond donors (Lipinski definition) is 2. The highest BCUT2D eigenvalue weighted by molar-refractivity contribution is 6.33. The van der Waals surface area contributed by atoms with E-state index in [0.717, 1.165) is 0 Å². The molecule has 2 rings (SSSR count). The molecule has 0 aromatic heterocycles. The summed E-state index contributed by atoms with van der Waals surface area (Å²) in [7, 11) is -0.284. The third kappa shape index (κ3) is 2.43. The molecule has 2 N–H and O–H groups in total. The molecule has 0 aliphatic heterocycles. The van der Waals surface area contributed by atoms with Gasteiger partial charge in [0.1, 0.15) is 5.75 Å². The summed E-state index contributed by atoms with van der Waals surface area (Å²) in [5.41, 5.74) is 1.21. The lowest BCUT2D eigenvalue weighted by atomic mass is 10.1. The Morgan fingerprint density at radius 1 is 1.27 bits per heavy atom. The molecule has 1 aromatic rings. The van der Waals surface area contributed by atoms with Crippen molar-refractivity contribution in [2.45, 2.75) is 18.8 Å². The van der Waals surface area contributed by atoms with Crippen LogP contribution in [0.5, 0.6) is 11.5 Å². The van der Waals surface area contributed by atoms with E-state index in [-0.39, 0.29) is 0 Å². The van der Waals surface area contributed by atoms with E-state index in [4.69, 9.17) is 19.4 Å². The van der Waals surface area contributed by atoms with Gasteiger partial charge in [0.25, 0.3) is 0 Å². The fourth-order valence-corrected chi connectivity index (χ4v) is 1.57. The van der Waals surface area contributed by atoms with Gasteiger partial charge in [-0.2, -0.15) is 0 Å². The van der Waals surface area contributed by atoms with Gasteiger partial charge in [0.2, 0.25) is 0 Å². The van der Waals surface area contributed by atoms with Crippen LogP contribution in [0.2, 0.25) is 0 Å². The van der Waals surface area contributed by atoms with Crippen molar-refractivity contribution in [2.24, 2.45) is 0 Å². The Kier molecular flexibility index (Phi) is 2.84. The van der Waals surface area contributed by atoms with Crippen molar-refractivity contribution in [1.82, 2.24) is 0 Å². The van der Waals surface area contributed by atoms with Crippen molar-refractivity contribution in [1.29, 1.82) is 0 Å². The van der Waals surface area contributed by atoms with E-state index < -0.39 is 7.32 Å². The zero-order chi connectivity index (χ0) is 10.8. The van der Waals surface area contributed by atoms with E-state index in [1.165, 1.54) is 25.5 Å². The number of ether oxygens (including phenoxy) is 1. The molecule has 0 spiro atoms. The van der Waals surface area contributed by atoms with Crippen LogP contribution in [-0.4, -0.2) is 24.5 Å². The van der Waals surface area contributed by atoms with Crippen LogP contribution < -0.4 is 9.39 Å². The first-order valence-electron chi connectivity index (χ1n) is 4.91. The third-order valence-electron chi connectivity index (χ3n) is 2.47. The van der Waals surface area contributed by atoms with Crippen molar-refractivity contribution in [2.75, 3.05) is 7.11 Å². The number of methoxy groups -OCH3 is 1. The molecule has 0 bridgehead atoms. The second-order valence-electron chi connectivity index (χ2n) is 3.63. The summed E-state index contributed by atoms with van der Waals surface area (Å²) in [5, 5.41) is 17.4. The Morgan fingerprint density at radius 3 is 2.53 bits per heavy atom. The summed E-state index contributed by atoms with van der Waals surface area (Å²) in [6.07, 6.45) is 2.43. The largest absolute Gasteiger partial charge is 0.707 e.